The maximum atomic E-state index is 14.1. The number of carbonyl (C=O) groups excluding carboxylic acids is 2. The molecule has 0 aliphatic rings. The van der Waals surface area contributed by atoms with Gasteiger partial charge in [-0.2, -0.15) is 0 Å². The van der Waals surface area contributed by atoms with Gasteiger partial charge in [0.25, 0.3) is 5.91 Å². The summed E-state index contributed by atoms with van der Waals surface area (Å²) in [5, 5.41) is 5.07. The lowest BCUT2D eigenvalue weighted by Gasteiger charge is -2.14. The molecule has 0 unspecified atom stereocenters. The lowest BCUT2D eigenvalue weighted by molar-refractivity contribution is -0.114. The van der Waals surface area contributed by atoms with E-state index in [9.17, 15) is 14.0 Å². The maximum Gasteiger partial charge on any atom is 0.255 e. The molecule has 0 radical (unpaired) electrons. The van der Waals surface area contributed by atoms with Crippen molar-refractivity contribution in [2.45, 2.75) is 20.5 Å². The molecule has 0 saturated carbocycles. The molecule has 1 aromatic heterocycles. The van der Waals surface area contributed by atoms with Crippen LogP contribution in [0, 0.1) is 5.82 Å². The summed E-state index contributed by atoms with van der Waals surface area (Å²) >= 11 is 0. The first-order valence-corrected chi connectivity index (χ1v) is 9.63. The topological polar surface area (TPSA) is 89.6 Å². The van der Waals surface area contributed by atoms with E-state index in [0.29, 0.717) is 30.4 Å². The largest absolute Gasteiger partial charge is 0.490 e. The van der Waals surface area contributed by atoms with Gasteiger partial charge in [-0.05, 0) is 49.4 Å². The molecule has 2 amide bonds. The van der Waals surface area contributed by atoms with Crippen LogP contribution >= 0.6 is 0 Å². The van der Waals surface area contributed by atoms with Crippen molar-refractivity contribution in [2.24, 2.45) is 0 Å². The second kappa shape index (κ2) is 10.2. The Balaban J connectivity index is 1.76. The van der Waals surface area contributed by atoms with Crippen molar-refractivity contribution < 1.29 is 23.5 Å². The highest BCUT2D eigenvalue weighted by atomic mass is 19.1. The van der Waals surface area contributed by atoms with Crippen LogP contribution < -0.4 is 20.1 Å². The first-order valence-electron chi connectivity index (χ1n) is 9.63. The Bertz CT molecular complexity index is 1070. The molecular weight excluding hydrogens is 401 g/mol. The Morgan fingerprint density at radius 3 is 2.58 bits per heavy atom. The summed E-state index contributed by atoms with van der Waals surface area (Å²) in [5.74, 6) is -0.581. The van der Waals surface area contributed by atoms with Gasteiger partial charge in [0.2, 0.25) is 5.91 Å². The molecule has 0 aliphatic heterocycles. The number of hydrogen-bond donors (Lipinski definition) is 2. The molecule has 0 spiro atoms. The number of aromatic nitrogens is 1. The highest BCUT2D eigenvalue weighted by Gasteiger charge is 2.14. The Kier molecular flexibility index (Phi) is 7.16. The van der Waals surface area contributed by atoms with Crippen molar-refractivity contribution in [1.29, 1.82) is 0 Å². The summed E-state index contributed by atoms with van der Waals surface area (Å²) in [4.78, 5) is 27.9. The third-order valence-electron chi connectivity index (χ3n) is 4.16. The Morgan fingerprint density at radius 2 is 1.87 bits per heavy atom. The van der Waals surface area contributed by atoms with Crippen LogP contribution in [-0.2, 0) is 11.4 Å². The van der Waals surface area contributed by atoms with Gasteiger partial charge < -0.3 is 20.1 Å². The molecular formula is C23H22FN3O4. The van der Waals surface area contributed by atoms with E-state index in [4.69, 9.17) is 9.47 Å². The fraction of sp³-hybridized carbons (Fsp3) is 0.174. The number of halogens is 1. The summed E-state index contributed by atoms with van der Waals surface area (Å²) in [7, 11) is 0. The van der Waals surface area contributed by atoms with Gasteiger partial charge in [-0.15, -0.1) is 0 Å². The highest BCUT2D eigenvalue weighted by molar-refractivity contribution is 6.05. The number of amides is 2. The number of benzene rings is 2. The average Bonchev–Trinajstić information content (AvgIpc) is 2.75. The van der Waals surface area contributed by atoms with Gasteiger partial charge in [0.05, 0.1) is 12.3 Å². The summed E-state index contributed by atoms with van der Waals surface area (Å²) < 4.78 is 25.5. The third kappa shape index (κ3) is 6.02. The number of nitrogens with zero attached hydrogens (tertiary/aromatic N) is 1. The number of hydrogen-bond acceptors (Lipinski definition) is 5. The van der Waals surface area contributed by atoms with E-state index in [2.05, 4.69) is 15.6 Å². The quantitative estimate of drug-likeness (QED) is 0.560. The van der Waals surface area contributed by atoms with E-state index in [1.54, 1.807) is 24.5 Å². The molecule has 0 aliphatic carbocycles. The fourth-order valence-electron chi connectivity index (χ4n) is 2.78. The van der Waals surface area contributed by atoms with E-state index in [0.717, 1.165) is 5.56 Å². The van der Waals surface area contributed by atoms with Gasteiger partial charge >= 0.3 is 0 Å². The van der Waals surface area contributed by atoms with Crippen LogP contribution in [0.1, 0.15) is 29.8 Å². The summed E-state index contributed by atoms with van der Waals surface area (Å²) in [6.45, 7) is 3.83. The maximum absolute atomic E-state index is 14.1. The van der Waals surface area contributed by atoms with E-state index in [-0.39, 0.29) is 17.2 Å². The number of nitrogens with one attached hydrogen (secondary N) is 2. The van der Waals surface area contributed by atoms with Crippen LogP contribution in [-0.4, -0.2) is 23.4 Å². The second-order valence-electron chi connectivity index (χ2n) is 6.57. The molecule has 3 aromatic rings. The number of rotatable bonds is 8. The van der Waals surface area contributed by atoms with Crippen molar-refractivity contribution in [3.63, 3.8) is 0 Å². The minimum absolute atomic E-state index is 0.0499. The average molecular weight is 423 g/mol. The number of pyridine rings is 1. The molecule has 3 rings (SSSR count). The number of carbonyl (C=O) groups is 2. The van der Waals surface area contributed by atoms with Crippen LogP contribution in [0.3, 0.4) is 0 Å². The van der Waals surface area contributed by atoms with Crippen molar-refractivity contribution in [1.82, 2.24) is 4.98 Å². The van der Waals surface area contributed by atoms with E-state index in [1.165, 1.54) is 31.2 Å². The Morgan fingerprint density at radius 1 is 1.03 bits per heavy atom. The smallest absolute Gasteiger partial charge is 0.255 e. The van der Waals surface area contributed by atoms with Crippen molar-refractivity contribution in [3.8, 4) is 11.5 Å². The Labute approximate surface area is 179 Å². The predicted octanol–water partition coefficient (Wildman–Crippen LogP) is 4.41. The molecule has 31 heavy (non-hydrogen) atoms. The van der Waals surface area contributed by atoms with Crippen molar-refractivity contribution >= 4 is 23.2 Å². The van der Waals surface area contributed by atoms with Gasteiger partial charge in [-0.25, -0.2) is 4.39 Å². The van der Waals surface area contributed by atoms with Crippen molar-refractivity contribution in [3.05, 3.63) is 77.9 Å². The van der Waals surface area contributed by atoms with Crippen LogP contribution in [0.15, 0.2) is 60.9 Å². The van der Waals surface area contributed by atoms with Crippen molar-refractivity contribution in [2.75, 3.05) is 17.2 Å². The van der Waals surface area contributed by atoms with Gasteiger partial charge in [-0.1, -0.05) is 6.07 Å². The third-order valence-corrected chi connectivity index (χ3v) is 4.16. The zero-order valence-electron chi connectivity index (χ0n) is 17.1. The lowest BCUT2D eigenvalue weighted by atomic mass is 10.1. The first-order chi connectivity index (χ1) is 15.0. The zero-order chi connectivity index (χ0) is 22.2. The second-order valence-corrected chi connectivity index (χ2v) is 6.57. The van der Waals surface area contributed by atoms with Gasteiger partial charge in [-0.3, -0.25) is 14.6 Å². The molecule has 160 valence electrons. The SMILES string of the molecule is CCOc1cc(C(=O)Nc2cc(NC(C)=O)ccc2F)ccc1OCc1cccnc1. The minimum atomic E-state index is -0.621. The molecule has 1 heterocycles. The van der Waals surface area contributed by atoms with Crippen LogP contribution in [0.25, 0.3) is 0 Å². The fourth-order valence-corrected chi connectivity index (χ4v) is 2.78. The standard InChI is InChI=1S/C23H22FN3O4/c1-3-30-22-11-17(6-9-21(22)31-14-16-5-4-10-25-13-16)23(29)27-20-12-18(26-15(2)28)7-8-19(20)24/h4-13H,3,14H2,1-2H3,(H,26,28)(H,27,29). The normalized spacial score (nSPS) is 10.3. The van der Waals surface area contributed by atoms with Crippen LogP contribution in [0.4, 0.5) is 15.8 Å². The van der Waals surface area contributed by atoms with E-state index >= 15 is 0 Å². The van der Waals surface area contributed by atoms with Crippen LogP contribution in [0.2, 0.25) is 0 Å². The van der Waals surface area contributed by atoms with Gasteiger partial charge in [0, 0.05) is 36.1 Å². The molecule has 2 N–H and O–H groups in total. The Hall–Kier alpha value is -3.94. The first kappa shape index (κ1) is 21.8. The summed E-state index contributed by atoms with van der Waals surface area (Å²) in [6, 6.07) is 12.4. The molecule has 0 bridgehead atoms. The molecule has 0 atom stereocenters. The molecule has 7 nitrogen and oxygen atoms in total. The monoisotopic (exact) mass is 423 g/mol. The number of anilines is 2. The lowest BCUT2D eigenvalue weighted by Crippen LogP contribution is -2.14. The minimum Gasteiger partial charge on any atom is -0.490 e. The van der Waals surface area contributed by atoms with E-state index in [1.807, 2.05) is 19.1 Å². The van der Waals surface area contributed by atoms with E-state index < -0.39 is 11.7 Å². The van der Waals surface area contributed by atoms with Gasteiger partial charge in [0.1, 0.15) is 12.4 Å². The zero-order valence-corrected chi connectivity index (χ0v) is 17.1. The van der Waals surface area contributed by atoms with Crippen LogP contribution in [0.5, 0.6) is 11.5 Å². The highest BCUT2D eigenvalue weighted by Crippen LogP contribution is 2.30. The number of ether oxygens (including phenoxy) is 2. The predicted molar refractivity (Wildman–Crippen MR) is 115 cm³/mol. The molecule has 0 fully saturated rings. The summed E-state index contributed by atoms with van der Waals surface area (Å²) in [6.07, 6.45) is 3.38. The van der Waals surface area contributed by atoms with Gasteiger partial charge in [0.15, 0.2) is 11.5 Å². The summed E-state index contributed by atoms with van der Waals surface area (Å²) in [5.41, 5.74) is 1.48. The molecule has 2 aromatic carbocycles. The molecule has 0 saturated heterocycles. The molecule has 8 heteroatoms.